The topological polar surface area (TPSA) is 83.0 Å². The van der Waals surface area contributed by atoms with Crippen LogP contribution in [0.4, 0.5) is 10.6 Å². The van der Waals surface area contributed by atoms with Gasteiger partial charge >= 0.3 is 6.09 Å². The van der Waals surface area contributed by atoms with E-state index in [4.69, 9.17) is 5.73 Å². The van der Waals surface area contributed by atoms with Crippen molar-refractivity contribution in [3.05, 3.63) is 6.20 Å². The molecule has 1 heterocycles. The normalized spacial score (nSPS) is 9.30. The molecule has 6 nitrogen and oxygen atoms in total. The Morgan fingerprint density at radius 2 is 2.60 bits per heavy atom. The number of hydrogen-bond acceptors (Lipinski definition) is 5. The molecule has 10 heavy (non-hydrogen) atoms. The Hall–Kier alpha value is -1.59. The van der Waals surface area contributed by atoms with E-state index in [9.17, 15) is 4.79 Å². The van der Waals surface area contributed by atoms with Gasteiger partial charge in [0.1, 0.15) is 0 Å². The minimum Gasteiger partial charge on any atom is -0.451 e. The van der Waals surface area contributed by atoms with Gasteiger partial charge in [-0.25, -0.2) is 4.79 Å². The molecular formula is C4H6N4O2. The number of carbonyl (C=O) groups excluding carboxylic acids is 1. The number of nitrogen functional groups attached to an aromatic ring is 1. The summed E-state index contributed by atoms with van der Waals surface area (Å²) in [4.78, 5) is 10.6. The predicted octanol–water partition coefficient (Wildman–Crippen LogP) is -0.525. The van der Waals surface area contributed by atoms with Gasteiger partial charge in [0.05, 0.1) is 13.3 Å². The second-order valence-electron chi connectivity index (χ2n) is 1.56. The van der Waals surface area contributed by atoms with Gasteiger partial charge in [-0.1, -0.05) is 5.21 Å². The van der Waals surface area contributed by atoms with Crippen LogP contribution in [0.3, 0.4) is 0 Å². The number of nitrogens with zero attached hydrogens (tertiary/aromatic N) is 3. The van der Waals surface area contributed by atoms with Crippen LogP contribution in [0.15, 0.2) is 6.20 Å². The first kappa shape index (κ1) is 6.53. The van der Waals surface area contributed by atoms with Gasteiger partial charge in [-0.15, -0.1) is 5.10 Å². The number of carbonyl (C=O) groups is 1. The van der Waals surface area contributed by atoms with Crippen LogP contribution < -0.4 is 5.73 Å². The maximum atomic E-state index is 10.6. The quantitative estimate of drug-likeness (QED) is 0.526. The molecule has 2 N–H and O–H groups in total. The summed E-state index contributed by atoms with van der Waals surface area (Å²) in [6, 6.07) is 0. The van der Waals surface area contributed by atoms with E-state index >= 15 is 0 Å². The molecule has 0 amide bonds. The van der Waals surface area contributed by atoms with E-state index in [0.29, 0.717) is 0 Å². The molecule has 1 aromatic heterocycles. The van der Waals surface area contributed by atoms with E-state index in [-0.39, 0.29) is 5.82 Å². The summed E-state index contributed by atoms with van der Waals surface area (Å²) in [7, 11) is 1.25. The number of ether oxygens (including phenoxy) is 1. The van der Waals surface area contributed by atoms with Gasteiger partial charge in [0.2, 0.25) is 0 Å². The van der Waals surface area contributed by atoms with Crippen LogP contribution in [0.2, 0.25) is 0 Å². The number of aromatic nitrogens is 3. The van der Waals surface area contributed by atoms with E-state index in [0.717, 1.165) is 4.68 Å². The predicted molar refractivity (Wildman–Crippen MR) is 32.2 cm³/mol. The molecule has 0 saturated carbocycles. The Morgan fingerprint density at radius 1 is 1.90 bits per heavy atom. The highest BCUT2D eigenvalue weighted by atomic mass is 16.5. The zero-order chi connectivity index (χ0) is 7.56. The van der Waals surface area contributed by atoms with Crippen molar-refractivity contribution in [2.75, 3.05) is 12.8 Å². The average Bonchev–Trinajstić information content (AvgIpc) is 2.34. The van der Waals surface area contributed by atoms with E-state index < -0.39 is 6.09 Å². The molecule has 1 aromatic rings. The number of nitrogens with two attached hydrogens (primary N) is 1. The van der Waals surface area contributed by atoms with Crippen molar-refractivity contribution in [2.45, 2.75) is 0 Å². The number of methoxy groups -OCH3 is 1. The largest absolute Gasteiger partial charge is 0.451 e. The molecule has 0 radical (unpaired) electrons. The zero-order valence-electron chi connectivity index (χ0n) is 5.31. The van der Waals surface area contributed by atoms with Gasteiger partial charge in [0.25, 0.3) is 0 Å². The maximum Gasteiger partial charge on any atom is 0.435 e. The smallest absolute Gasteiger partial charge is 0.435 e. The number of anilines is 1. The molecule has 0 fully saturated rings. The van der Waals surface area contributed by atoms with Crippen molar-refractivity contribution in [1.82, 2.24) is 15.0 Å². The van der Waals surface area contributed by atoms with E-state index in [1.165, 1.54) is 13.3 Å². The molecule has 6 heteroatoms. The number of hydrogen-bond donors (Lipinski definition) is 1. The van der Waals surface area contributed by atoms with Gasteiger partial charge in [-0.3, -0.25) is 0 Å². The molecule has 0 aliphatic heterocycles. The third-order valence-electron chi connectivity index (χ3n) is 0.873. The van der Waals surface area contributed by atoms with Crippen LogP contribution in [0.1, 0.15) is 0 Å². The first-order chi connectivity index (χ1) is 4.74. The standard InChI is InChI=1S/C4H6N4O2/c1-10-4(9)8-2-3(5)6-7-8/h2H,5H2,1H3. The first-order valence-electron chi connectivity index (χ1n) is 2.50. The van der Waals surface area contributed by atoms with Gasteiger partial charge in [0, 0.05) is 0 Å². The Kier molecular flexibility index (Phi) is 1.53. The van der Waals surface area contributed by atoms with Crippen molar-refractivity contribution in [3.63, 3.8) is 0 Å². The summed E-state index contributed by atoms with van der Waals surface area (Å²) in [5.41, 5.74) is 5.17. The van der Waals surface area contributed by atoms with Gasteiger partial charge in [-0.2, -0.15) is 4.68 Å². The Bertz CT molecular complexity index is 243. The average molecular weight is 142 g/mol. The highest BCUT2D eigenvalue weighted by Gasteiger charge is 2.04. The van der Waals surface area contributed by atoms with E-state index in [1.54, 1.807) is 0 Å². The van der Waals surface area contributed by atoms with E-state index in [1.807, 2.05) is 0 Å². The minimum absolute atomic E-state index is 0.186. The summed E-state index contributed by atoms with van der Waals surface area (Å²) in [5, 5.41) is 6.73. The fourth-order valence-electron chi connectivity index (χ4n) is 0.459. The molecule has 0 atom stereocenters. The van der Waals surface area contributed by atoms with Crippen LogP contribution in [0, 0.1) is 0 Å². The SMILES string of the molecule is COC(=O)n1cc(N)nn1. The Balaban J connectivity index is 2.85. The Labute approximate surface area is 56.6 Å². The van der Waals surface area contributed by atoms with E-state index in [2.05, 4.69) is 15.0 Å². The molecule has 0 spiro atoms. The molecule has 54 valence electrons. The lowest BCUT2D eigenvalue weighted by Crippen LogP contribution is -2.11. The third kappa shape index (κ3) is 1.04. The van der Waals surface area contributed by atoms with Crippen molar-refractivity contribution < 1.29 is 9.53 Å². The fourth-order valence-corrected chi connectivity index (χ4v) is 0.459. The zero-order valence-corrected chi connectivity index (χ0v) is 5.31. The summed E-state index contributed by atoms with van der Waals surface area (Å²) in [6.07, 6.45) is 0.662. The second-order valence-corrected chi connectivity index (χ2v) is 1.56. The molecule has 0 unspecified atom stereocenters. The molecule has 0 aliphatic rings. The van der Waals surface area contributed by atoms with Crippen molar-refractivity contribution in [2.24, 2.45) is 0 Å². The lowest BCUT2D eigenvalue weighted by molar-refractivity contribution is 0.168. The van der Waals surface area contributed by atoms with Crippen LogP contribution in [-0.4, -0.2) is 28.2 Å². The summed E-state index contributed by atoms with van der Waals surface area (Å²) < 4.78 is 5.23. The molecule has 1 rings (SSSR count). The van der Waals surface area contributed by atoms with Gasteiger partial charge in [0.15, 0.2) is 5.82 Å². The first-order valence-corrected chi connectivity index (χ1v) is 2.50. The molecular weight excluding hydrogens is 136 g/mol. The van der Waals surface area contributed by atoms with Crippen LogP contribution in [-0.2, 0) is 4.74 Å². The minimum atomic E-state index is -0.607. The lowest BCUT2D eigenvalue weighted by atomic mass is 10.8. The second kappa shape index (κ2) is 2.34. The Morgan fingerprint density at radius 3 is 3.00 bits per heavy atom. The van der Waals surface area contributed by atoms with Crippen LogP contribution in [0.5, 0.6) is 0 Å². The molecule has 0 aliphatic carbocycles. The van der Waals surface area contributed by atoms with Crippen molar-refractivity contribution in [3.8, 4) is 0 Å². The monoisotopic (exact) mass is 142 g/mol. The third-order valence-corrected chi connectivity index (χ3v) is 0.873. The molecule has 0 bridgehead atoms. The van der Waals surface area contributed by atoms with Gasteiger partial charge < -0.3 is 10.5 Å². The van der Waals surface area contributed by atoms with Crippen LogP contribution >= 0.6 is 0 Å². The highest BCUT2D eigenvalue weighted by molar-refractivity contribution is 5.69. The lowest BCUT2D eigenvalue weighted by Gasteiger charge is -1.92. The highest BCUT2D eigenvalue weighted by Crippen LogP contribution is 1.92. The van der Waals surface area contributed by atoms with Gasteiger partial charge in [-0.05, 0) is 0 Å². The molecule has 0 aromatic carbocycles. The van der Waals surface area contributed by atoms with Crippen molar-refractivity contribution >= 4 is 11.9 Å². The number of rotatable bonds is 0. The maximum absolute atomic E-state index is 10.6. The summed E-state index contributed by atoms with van der Waals surface area (Å²) >= 11 is 0. The van der Waals surface area contributed by atoms with Crippen LogP contribution in [0.25, 0.3) is 0 Å². The van der Waals surface area contributed by atoms with Crippen molar-refractivity contribution in [1.29, 1.82) is 0 Å². The fraction of sp³-hybridized carbons (Fsp3) is 0.250. The summed E-state index contributed by atoms with van der Waals surface area (Å²) in [5.74, 6) is 0.186. The molecule has 0 saturated heterocycles. The summed E-state index contributed by atoms with van der Waals surface area (Å²) in [6.45, 7) is 0.